The van der Waals surface area contributed by atoms with Crippen LogP contribution in [0.15, 0.2) is 45.3 Å². The Balaban J connectivity index is 2.42. The van der Waals surface area contributed by atoms with Crippen molar-refractivity contribution in [3.8, 4) is 5.75 Å². The van der Waals surface area contributed by atoms with E-state index in [1.54, 1.807) is 37.4 Å². The van der Waals surface area contributed by atoms with E-state index in [-0.39, 0.29) is 5.56 Å². The molecule has 0 aliphatic heterocycles. The number of nitrogens with one attached hydrogen (secondary N) is 1. The number of hydrogen-bond acceptors (Lipinski definition) is 3. The van der Waals surface area contributed by atoms with E-state index in [1.165, 1.54) is 0 Å². The first kappa shape index (κ1) is 14.9. The highest BCUT2D eigenvalue weighted by Crippen LogP contribution is 2.36. The van der Waals surface area contributed by atoms with Gasteiger partial charge in [0.1, 0.15) is 5.75 Å². The van der Waals surface area contributed by atoms with Crippen molar-refractivity contribution in [2.75, 3.05) is 12.4 Å². The molecule has 0 aromatic heterocycles. The number of hydrogen-bond donors (Lipinski definition) is 2. The molecule has 0 radical (unpaired) electrons. The zero-order valence-electron chi connectivity index (χ0n) is 10.5. The predicted molar refractivity (Wildman–Crippen MR) is 85.1 cm³/mol. The van der Waals surface area contributed by atoms with Crippen LogP contribution in [-0.4, -0.2) is 18.2 Å². The average Bonchev–Trinajstić information content (AvgIpc) is 2.42. The van der Waals surface area contributed by atoms with E-state index < -0.39 is 5.97 Å². The summed E-state index contributed by atoms with van der Waals surface area (Å²) < 4.78 is 6.84. The third-order valence-corrected chi connectivity index (χ3v) is 3.94. The Bertz CT molecular complexity index is 659. The van der Waals surface area contributed by atoms with Crippen LogP contribution in [0, 0.1) is 0 Å². The molecule has 0 aliphatic rings. The van der Waals surface area contributed by atoms with Crippen LogP contribution in [0.2, 0.25) is 0 Å². The van der Waals surface area contributed by atoms with Gasteiger partial charge in [-0.05, 0) is 50.1 Å². The summed E-state index contributed by atoms with van der Waals surface area (Å²) in [6.45, 7) is 0. The van der Waals surface area contributed by atoms with E-state index in [9.17, 15) is 9.90 Å². The molecule has 6 heteroatoms. The van der Waals surface area contributed by atoms with Gasteiger partial charge in [0.05, 0.1) is 28.5 Å². The lowest BCUT2D eigenvalue weighted by molar-refractivity contribution is 0.0698. The SMILES string of the molecule is COc1cc(Nc2ccccc2C(=O)O)c(Br)cc1Br. The number of carboxylic acid groups (broad SMARTS) is 1. The third-order valence-electron chi connectivity index (χ3n) is 2.67. The van der Waals surface area contributed by atoms with E-state index in [2.05, 4.69) is 37.2 Å². The summed E-state index contributed by atoms with van der Waals surface area (Å²) in [5, 5.41) is 12.3. The van der Waals surface area contributed by atoms with Crippen molar-refractivity contribution in [2.45, 2.75) is 0 Å². The van der Waals surface area contributed by atoms with Gasteiger partial charge in [-0.3, -0.25) is 0 Å². The lowest BCUT2D eigenvalue weighted by Crippen LogP contribution is -2.03. The number of para-hydroxylation sites is 1. The lowest BCUT2D eigenvalue weighted by Gasteiger charge is -2.13. The van der Waals surface area contributed by atoms with Crippen LogP contribution < -0.4 is 10.1 Å². The normalized spacial score (nSPS) is 10.2. The molecule has 0 spiro atoms. The number of rotatable bonds is 4. The molecule has 0 fully saturated rings. The fraction of sp³-hybridized carbons (Fsp3) is 0.0714. The van der Waals surface area contributed by atoms with Crippen molar-refractivity contribution in [1.82, 2.24) is 0 Å². The maximum atomic E-state index is 11.2. The molecule has 2 aromatic rings. The van der Waals surface area contributed by atoms with Gasteiger partial charge in [-0.15, -0.1) is 0 Å². The van der Waals surface area contributed by atoms with Crippen LogP contribution in [0.25, 0.3) is 0 Å². The van der Waals surface area contributed by atoms with Crippen LogP contribution in [0.1, 0.15) is 10.4 Å². The Morgan fingerprint density at radius 3 is 2.50 bits per heavy atom. The second kappa shape index (κ2) is 6.28. The number of carbonyl (C=O) groups is 1. The minimum atomic E-state index is -0.978. The van der Waals surface area contributed by atoms with Gasteiger partial charge < -0.3 is 15.2 Å². The highest BCUT2D eigenvalue weighted by atomic mass is 79.9. The first-order valence-corrected chi connectivity index (χ1v) is 7.24. The molecule has 2 N–H and O–H groups in total. The monoisotopic (exact) mass is 399 g/mol. The molecular weight excluding hydrogens is 390 g/mol. The van der Waals surface area contributed by atoms with Crippen LogP contribution in [0.5, 0.6) is 5.75 Å². The highest BCUT2D eigenvalue weighted by Gasteiger charge is 2.12. The minimum absolute atomic E-state index is 0.210. The standard InChI is InChI=1S/C14H11Br2NO3/c1-20-13-7-12(9(15)6-10(13)16)17-11-5-3-2-4-8(11)14(18)19/h2-7,17H,1H3,(H,18,19). The molecule has 2 rings (SSSR count). The second-order valence-corrected chi connectivity index (χ2v) is 5.65. The molecule has 0 bridgehead atoms. The van der Waals surface area contributed by atoms with Gasteiger partial charge in [0.15, 0.2) is 0 Å². The smallest absolute Gasteiger partial charge is 0.337 e. The maximum absolute atomic E-state index is 11.2. The van der Waals surface area contributed by atoms with E-state index in [0.29, 0.717) is 11.4 Å². The molecular formula is C14H11Br2NO3. The van der Waals surface area contributed by atoms with Gasteiger partial charge in [0.25, 0.3) is 0 Å². The van der Waals surface area contributed by atoms with E-state index in [1.807, 2.05) is 6.07 Å². The molecule has 0 heterocycles. The Hall–Kier alpha value is -1.53. The summed E-state index contributed by atoms with van der Waals surface area (Å²) in [6.07, 6.45) is 0. The number of ether oxygens (including phenoxy) is 1. The summed E-state index contributed by atoms with van der Waals surface area (Å²) >= 11 is 6.82. The number of anilines is 2. The van der Waals surface area contributed by atoms with Crippen molar-refractivity contribution in [3.63, 3.8) is 0 Å². The Kier molecular flexibility index (Phi) is 4.67. The van der Waals surface area contributed by atoms with Crippen molar-refractivity contribution in [1.29, 1.82) is 0 Å². The Morgan fingerprint density at radius 1 is 1.15 bits per heavy atom. The molecule has 0 unspecified atom stereocenters. The predicted octanol–water partition coefficient (Wildman–Crippen LogP) is 4.66. The maximum Gasteiger partial charge on any atom is 0.337 e. The topological polar surface area (TPSA) is 58.6 Å². The van der Waals surface area contributed by atoms with Gasteiger partial charge in [-0.2, -0.15) is 0 Å². The largest absolute Gasteiger partial charge is 0.495 e. The fourth-order valence-electron chi connectivity index (χ4n) is 1.71. The van der Waals surface area contributed by atoms with Crippen molar-refractivity contribution < 1.29 is 14.6 Å². The molecule has 0 amide bonds. The first-order chi connectivity index (χ1) is 9.52. The highest BCUT2D eigenvalue weighted by molar-refractivity contribution is 9.11. The Labute approximate surface area is 133 Å². The molecule has 104 valence electrons. The van der Waals surface area contributed by atoms with Crippen LogP contribution >= 0.6 is 31.9 Å². The summed E-state index contributed by atoms with van der Waals surface area (Å²) in [7, 11) is 1.57. The lowest BCUT2D eigenvalue weighted by atomic mass is 10.1. The summed E-state index contributed by atoms with van der Waals surface area (Å²) in [4.78, 5) is 11.2. The van der Waals surface area contributed by atoms with Gasteiger partial charge in [-0.25, -0.2) is 4.79 Å². The van der Waals surface area contributed by atoms with Crippen LogP contribution in [-0.2, 0) is 0 Å². The van der Waals surface area contributed by atoms with Crippen molar-refractivity contribution in [3.05, 3.63) is 50.9 Å². The molecule has 2 aromatic carbocycles. The number of benzene rings is 2. The second-order valence-electron chi connectivity index (χ2n) is 3.94. The first-order valence-electron chi connectivity index (χ1n) is 5.65. The minimum Gasteiger partial charge on any atom is -0.495 e. The van der Waals surface area contributed by atoms with Gasteiger partial charge >= 0.3 is 5.97 Å². The molecule has 0 aliphatic carbocycles. The van der Waals surface area contributed by atoms with Gasteiger partial charge in [0.2, 0.25) is 0 Å². The fourth-order valence-corrected chi connectivity index (χ4v) is 2.96. The number of halogens is 2. The van der Waals surface area contributed by atoms with E-state index in [0.717, 1.165) is 14.6 Å². The summed E-state index contributed by atoms with van der Waals surface area (Å²) in [5.74, 6) is -0.322. The van der Waals surface area contributed by atoms with Crippen LogP contribution in [0.3, 0.4) is 0 Å². The van der Waals surface area contributed by atoms with E-state index >= 15 is 0 Å². The molecule has 0 saturated heterocycles. The Morgan fingerprint density at radius 2 is 1.85 bits per heavy atom. The zero-order chi connectivity index (χ0) is 14.7. The summed E-state index contributed by atoms with van der Waals surface area (Å²) in [5.41, 5.74) is 1.45. The van der Waals surface area contributed by atoms with Crippen LogP contribution in [0.4, 0.5) is 11.4 Å². The third kappa shape index (κ3) is 3.13. The van der Waals surface area contributed by atoms with Crippen molar-refractivity contribution >= 4 is 49.2 Å². The summed E-state index contributed by atoms with van der Waals surface area (Å²) in [6, 6.07) is 10.3. The average molecular weight is 401 g/mol. The van der Waals surface area contributed by atoms with Crippen molar-refractivity contribution in [2.24, 2.45) is 0 Å². The zero-order valence-corrected chi connectivity index (χ0v) is 13.7. The number of methoxy groups -OCH3 is 1. The number of aromatic carboxylic acids is 1. The quantitative estimate of drug-likeness (QED) is 0.783. The van der Waals surface area contributed by atoms with E-state index in [4.69, 9.17) is 4.74 Å². The number of carboxylic acids is 1. The van der Waals surface area contributed by atoms with Gasteiger partial charge in [-0.1, -0.05) is 12.1 Å². The molecule has 4 nitrogen and oxygen atoms in total. The molecule has 0 atom stereocenters. The molecule has 0 saturated carbocycles. The molecule has 20 heavy (non-hydrogen) atoms. The van der Waals surface area contributed by atoms with Gasteiger partial charge in [0, 0.05) is 10.5 Å².